The van der Waals surface area contributed by atoms with Crippen molar-refractivity contribution in [3.8, 4) is 11.5 Å². The topological polar surface area (TPSA) is 50.7 Å². The SMILES string of the molecule is COc1cccc(CNCC(C)CO)c1OC(F)F. The second-order valence-electron chi connectivity index (χ2n) is 4.25. The molecular formula is C13H19F2NO3. The Morgan fingerprint density at radius 2 is 2.11 bits per heavy atom. The maximum atomic E-state index is 12.4. The van der Waals surface area contributed by atoms with Crippen LogP contribution in [0.4, 0.5) is 8.78 Å². The lowest BCUT2D eigenvalue weighted by atomic mass is 10.1. The van der Waals surface area contributed by atoms with E-state index in [2.05, 4.69) is 10.1 Å². The van der Waals surface area contributed by atoms with Gasteiger partial charge < -0.3 is 19.9 Å². The first-order valence-corrected chi connectivity index (χ1v) is 6.00. The molecular weight excluding hydrogens is 256 g/mol. The van der Waals surface area contributed by atoms with Crippen molar-refractivity contribution in [3.05, 3.63) is 23.8 Å². The average Bonchev–Trinajstić information content (AvgIpc) is 2.39. The fourth-order valence-corrected chi connectivity index (χ4v) is 1.60. The summed E-state index contributed by atoms with van der Waals surface area (Å²) in [5.41, 5.74) is 0.588. The molecule has 0 amide bonds. The zero-order valence-corrected chi connectivity index (χ0v) is 11.0. The van der Waals surface area contributed by atoms with E-state index in [1.807, 2.05) is 6.92 Å². The molecule has 0 radical (unpaired) electrons. The molecule has 0 aliphatic rings. The van der Waals surface area contributed by atoms with E-state index >= 15 is 0 Å². The van der Waals surface area contributed by atoms with E-state index < -0.39 is 6.61 Å². The Kier molecular flexibility index (Phi) is 6.52. The molecule has 1 aromatic rings. The van der Waals surface area contributed by atoms with Gasteiger partial charge in [-0.15, -0.1) is 0 Å². The van der Waals surface area contributed by atoms with Crippen molar-refractivity contribution < 1.29 is 23.4 Å². The molecule has 6 heteroatoms. The van der Waals surface area contributed by atoms with Crippen LogP contribution in [0.25, 0.3) is 0 Å². The van der Waals surface area contributed by atoms with Gasteiger partial charge in [-0.05, 0) is 12.0 Å². The van der Waals surface area contributed by atoms with E-state index in [1.165, 1.54) is 7.11 Å². The number of rotatable bonds is 8. The molecule has 2 N–H and O–H groups in total. The lowest BCUT2D eigenvalue weighted by molar-refractivity contribution is -0.0518. The Labute approximate surface area is 111 Å². The van der Waals surface area contributed by atoms with Crippen LogP contribution in [0.1, 0.15) is 12.5 Å². The third-order valence-corrected chi connectivity index (χ3v) is 2.61. The highest BCUT2D eigenvalue weighted by Gasteiger charge is 2.15. The molecule has 4 nitrogen and oxygen atoms in total. The van der Waals surface area contributed by atoms with E-state index in [-0.39, 0.29) is 24.0 Å². The second kappa shape index (κ2) is 7.91. The van der Waals surface area contributed by atoms with Gasteiger partial charge in [0.15, 0.2) is 11.5 Å². The number of ether oxygens (including phenoxy) is 2. The molecule has 108 valence electrons. The van der Waals surface area contributed by atoms with Gasteiger partial charge >= 0.3 is 6.61 Å². The largest absolute Gasteiger partial charge is 0.493 e. The van der Waals surface area contributed by atoms with Crippen LogP contribution in [0.5, 0.6) is 11.5 Å². The van der Waals surface area contributed by atoms with Gasteiger partial charge in [0.2, 0.25) is 0 Å². The van der Waals surface area contributed by atoms with Crippen LogP contribution >= 0.6 is 0 Å². The Balaban J connectivity index is 2.75. The van der Waals surface area contributed by atoms with Crippen LogP contribution in [-0.4, -0.2) is 32.0 Å². The summed E-state index contributed by atoms with van der Waals surface area (Å²) in [5.74, 6) is 0.420. The Bertz CT molecular complexity index is 388. The summed E-state index contributed by atoms with van der Waals surface area (Å²) in [6, 6.07) is 4.97. The summed E-state index contributed by atoms with van der Waals surface area (Å²) in [6.07, 6.45) is 0. The average molecular weight is 275 g/mol. The minimum atomic E-state index is -2.90. The predicted octanol–water partition coefficient (Wildman–Crippen LogP) is 2.01. The van der Waals surface area contributed by atoms with Crippen LogP contribution in [0, 0.1) is 5.92 Å². The maximum Gasteiger partial charge on any atom is 0.387 e. The number of hydrogen-bond acceptors (Lipinski definition) is 4. The van der Waals surface area contributed by atoms with Gasteiger partial charge in [-0.2, -0.15) is 8.78 Å². The molecule has 1 unspecified atom stereocenters. The molecule has 1 atom stereocenters. The fourth-order valence-electron chi connectivity index (χ4n) is 1.60. The third kappa shape index (κ3) is 5.00. The van der Waals surface area contributed by atoms with Crippen LogP contribution in [-0.2, 0) is 6.54 Å². The lowest BCUT2D eigenvalue weighted by Crippen LogP contribution is -2.23. The standard InChI is InChI=1S/C13H19F2NO3/c1-9(8-17)6-16-7-10-4-3-5-11(18-2)12(10)19-13(14)15/h3-5,9,13,16-17H,6-8H2,1-2H3. The normalized spacial score (nSPS) is 12.5. The molecule has 19 heavy (non-hydrogen) atoms. The number of halogens is 2. The highest BCUT2D eigenvalue weighted by molar-refractivity contribution is 5.46. The minimum Gasteiger partial charge on any atom is -0.493 e. The van der Waals surface area contributed by atoms with Crippen molar-refractivity contribution in [1.29, 1.82) is 0 Å². The number of para-hydroxylation sites is 1. The van der Waals surface area contributed by atoms with E-state index in [1.54, 1.807) is 18.2 Å². The molecule has 0 aliphatic heterocycles. The van der Waals surface area contributed by atoms with Gasteiger partial charge in [0.25, 0.3) is 0 Å². The monoisotopic (exact) mass is 275 g/mol. The number of nitrogens with one attached hydrogen (secondary N) is 1. The first kappa shape index (κ1) is 15.7. The second-order valence-corrected chi connectivity index (χ2v) is 4.25. The predicted molar refractivity (Wildman–Crippen MR) is 67.6 cm³/mol. The molecule has 0 heterocycles. The van der Waals surface area contributed by atoms with Crippen molar-refractivity contribution in [2.75, 3.05) is 20.3 Å². The summed E-state index contributed by atoms with van der Waals surface area (Å²) < 4.78 is 34.3. The zero-order valence-electron chi connectivity index (χ0n) is 11.0. The van der Waals surface area contributed by atoms with Crippen molar-refractivity contribution in [2.45, 2.75) is 20.1 Å². The Morgan fingerprint density at radius 1 is 1.37 bits per heavy atom. The van der Waals surface area contributed by atoms with Crippen molar-refractivity contribution >= 4 is 0 Å². The molecule has 0 aliphatic carbocycles. The quantitative estimate of drug-likeness (QED) is 0.762. The van der Waals surface area contributed by atoms with E-state index in [9.17, 15) is 8.78 Å². The number of aliphatic hydroxyl groups is 1. The number of benzene rings is 1. The number of hydrogen-bond donors (Lipinski definition) is 2. The van der Waals surface area contributed by atoms with E-state index in [0.29, 0.717) is 18.7 Å². The summed E-state index contributed by atoms with van der Waals surface area (Å²) in [5, 5.41) is 12.0. The lowest BCUT2D eigenvalue weighted by Gasteiger charge is -2.15. The van der Waals surface area contributed by atoms with Crippen molar-refractivity contribution in [1.82, 2.24) is 5.32 Å². The molecule has 0 aromatic heterocycles. The van der Waals surface area contributed by atoms with Crippen LogP contribution in [0.2, 0.25) is 0 Å². The fraction of sp³-hybridized carbons (Fsp3) is 0.538. The minimum absolute atomic E-state index is 0.0455. The highest BCUT2D eigenvalue weighted by atomic mass is 19.3. The van der Waals surface area contributed by atoms with Crippen LogP contribution < -0.4 is 14.8 Å². The van der Waals surface area contributed by atoms with Gasteiger partial charge in [-0.3, -0.25) is 0 Å². The molecule has 0 bridgehead atoms. The van der Waals surface area contributed by atoms with E-state index in [0.717, 1.165) is 0 Å². The molecule has 0 saturated carbocycles. The summed E-state index contributed by atoms with van der Waals surface area (Å²) in [6.45, 7) is 0.0120. The van der Waals surface area contributed by atoms with Crippen LogP contribution in [0.3, 0.4) is 0 Å². The number of alkyl halides is 2. The molecule has 1 aromatic carbocycles. The first-order chi connectivity index (χ1) is 9.08. The van der Waals surface area contributed by atoms with Gasteiger partial charge in [0, 0.05) is 25.3 Å². The van der Waals surface area contributed by atoms with Gasteiger partial charge in [0.1, 0.15) is 0 Å². The molecule has 0 saturated heterocycles. The first-order valence-electron chi connectivity index (χ1n) is 6.00. The smallest absolute Gasteiger partial charge is 0.387 e. The van der Waals surface area contributed by atoms with Gasteiger partial charge in [0.05, 0.1) is 7.11 Å². The third-order valence-electron chi connectivity index (χ3n) is 2.61. The van der Waals surface area contributed by atoms with Gasteiger partial charge in [-0.25, -0.2) is 0 Å². The van der Waals surface area contributed by atoms with Crippen LogP contribution in [0.15, 0.2) is 18.2 Å². The van der Waals surface area contributed by atoms with Gasteiger partial charge in [-0.1, -0.05) is 19.1 Å². The number of aliphatic hydroxyl groups excluding tert-OH is 1. The summed E-state index contributed by atoms with van der Waals surface area (Å²) >= 11 is 0. The number of methoxy groups -OCH3 is 1. The Hall–Kier alpha value is -1.40. The summed E-state index contributed by atoms with van der Waals surface area (Å²) in [7, 11) is 1.40. The summed E-state index contributed by atoms with van der Waals surface area (Å²) in [4.78, 5) is 0. The molecule has 0 spiro atoms. The zero-order chi connectivity index (χ0) is 14.3. The van der Waals surface area contributed by atoms with Crippen molar-refractivity contribution in [2.24, 2.45) is 5.92 Å². The van der Waals surface area contributed by atoms with E-state index in [4.69, 9.17) is 9.84 Å². The highest BCUT2D eigenvalue weighted by Crippen LogP contribution is 2.32. The maximum absolute atomic E-state index is 12.4. The molecule has 1 rings (SSSR count). The Morgan fingerprint density at radius 3 is 2.68 bits per heavy atom. The van der Waals surface area contributed by atoms with Crippen molar-refractivity contribution in [3.63, 3.8) is 0 Å². The molecule has 0 fully saturated rings.